The molecule has 4 rings (SSSR count). The van der Waals surface area contributed by atoms with E-state index in [-0.39, 0.29) is 12.3 Å². The number of hydrogen-bond acceptors (Lipinski definition) is 7. The van der Waals surface area contributed by atoms with E-state index in [0.717, 1.165) is 29.8 Å². The quantitative estimate of drug-likeness (QED) is 0.505. The van der Waals surface area contributed by atoms with Crippen LogP contribution in [0, 0.1) is 0 Å². The molecule has 2 atom stereocenters. The third kappa shape index (κ3) is 5.54. The molecule has 36 heavy (non-hydrogen) atoms. The van der Waals surface area contributed by atoms with E-state index in [1.54, 1.807) is 38.4 Å². The van der Waals surface area contributed by atoms with Gasteiger partial charge in [0.15, 0.2) is 5.82 Å². The second-order valence-corrected chi connectivity index (χ2v) is 8.78. The van der Waals surface area contributed by atoms with Crippen LogP contribution >= 0.6 is 0 Å². The van der Waals surface area contributed by atoms with Gasteiger partial charge >= 0.3 is 12.1 Å². The van der Waals surface area contributed by atoms with Crippen molar-refractivity contribution in [2.24, 2.45) is 0 Å². The van der Waals surface area contributed by atoms with Crippen molar-refractivity contribution in [3.8, 4) is 17.1 Å². The Balaban J connectivity index is 1.51. The van der Waals surface area contributed by atoms with Gasteiger partial charge in [-0.2, -0.15) is 0 Å². The number of nitrogens with zero attached hydrogens (tertiary/aromatic N) is 4. The average molecular weight is 492 g/mol. The first-order valence-electron chi connectivity index (χ1n) is 11.7. The highest BCUT2D eigenvalue weighted by atomic mass is 16.6. The fourth-order valence-corrected chi connectivity index (χ4v) is 4.16. The lowest BCUT2D eigenvalue weighted by Gasteiger charge is -2.27. The smallest absolute Gasteiger partial charge is 0.414 e. The molecule has 0 spiro atoms. The van der Waals surface area contributed by atoms with Gasteiger partial charge in [0.05, 0.1) is 7.11 Å². The van der Waals surface area contributed by atoms with E-state index >= 15 is 0 Å². The number of fused-ring (bicyclic) bond motifs is 1. The molecule has 0 radical (unpaired) electrons. The second-order valence-electron chi connectivity index (χ2n) is 8.78. The summed E-state index contributed by atoms with van der Waals surface area (Å²) in [7, 11) is 4.48. The molecule has 3 aromatic rings. The number of methoxy groups -OCH3 is 1. The molecule has 1 aromatic heterocycles. The van der Waals surface area contributed by atoms with Crippen LogP contribution in [0.4, 0.5) is 4.79 Å². The Bertz CT molecular complexity index is 1220. The summed E-state index contributed by atoms with van der Waals surface area (Å²) in [6.07, 6.45) is 1.86. The lowest BCUT2D eigenvalue weighted by Crippen LogP contribution is -2.46. The third-order valence-corrected chi connectivity index (χ3v) is 6.03. The zero-order valence-corrected chi connectivity index (χ0v) is 20.5. The average Bonchev–Trinajstić information content (AvgIpc) is 3.33. The number of carbonyl (C=O) groups excluding carboxylic acids is 3. The lowest BCUT2D eigenvalue weighted by atomic mass is 10.0. The van der Waals surface area contributed by atoms with E-state index < -0.39 is 24.1 Å². The van der Waals surface area contributed by atoms with Gasteiger partial charge in [0.25, 0.3) is 0 Å². The first kappa shape index (κ1) is 24.9. The summed E-state index contributed by atoms with van der Waals surface area (Å²) in [5.41, 5.74) is 1.64. The number of carbonyl (C=O) groups is 3. The van der Waals surface area contributed by atoms with Crippen LogP contribution in [0.2, 0.25) is 0 Å². The van der Waals surface area contributed by atoms with Crippen LogP contribution in [0.1, 0.15) is 30.3 Å². The van der Waals surface area contributed by atoms with Crippen molar-refractivity contribution in [3.05, 3.63) is 66.0 Å². The van der Waals surface area contributed by atoms with Gasteiger partial charge in [-0.05, 0) is 30.5 Å². The van der Waals surface area contributed by atoms with E-state index in [0.29, 0.717) is 18.0 Å². The molecule has 0 saturated heterocycles. The van der Waals surface area contributed by atoms with E-state index in [4.69, 9.17) is 9.47 Å². The van der Waals surface area contributed by atoms with Gasteiger partial charge in [0.1, 0.15) is 23.7 Å². The highest BCUT2D eigenvalue weighted by Gasteiger charge is 2.33. The molecular formula is C26H29N5O5. The summed E-state index contributed by atoms with van der Waals surface area (Å²) < 4.78 is 12.1. The summed E-state index contributed by atoms with van der Waals surface area (Å²) in [6.45, 7) is 0. The van der Waals surface area contributed by atoms with Crippen LogP contribution in [0.3, 0.4) is 0 Å². The maximum atomic E-state index is 13.4. The van der Waals surface area contributed by atoms with E-state index in [1.165, 1.54) is 12.0 Å². The van der Waals surface area contributed by atoms with E-state index in [2.05, 4.69) is 15.5 Å². The van der Waals surface area contributed by atoms with Crippen molar-refractivity contribution in [1.82, 2.24) is 25.0 Å². The number of ether oxygens (including phenoxy) is 2. The Kier molecular flexibility index (Phi) is 7.62. The number of rotatable bonds is 7. The van der Waals surface area contributed by atoms with Gasteiger partial charge in [-0.25, -0.2) is 9.59 Å². The van der Waals surface area contributed by atoms with Gasteiger partial charge in [-0.1, -0.05) is 42.5 Å². The highest BCUT2D eigenvalue weighted by Crippen LogP contribution is 2.30. The molecular weight excluding hydrogens is 462 g/mol. The maximum absolute atomic E-state index is 13.4. The van der Waals surface area contributed by atoms with Crippen LogP contribution in [-0.2, 0) is 27.2 Å². The zero-order chi connectivity index (χ0) is 25.7. The molecule has 188 valence electrons. The normalized spacial score (nSPS) is 15.4. The first-order chi connectivity index (χ1) is 17.4. The Morgan fingerprint density at radius 1 is 1.08 bits per heavy atom. The van der Waals surface area contributed by atoms with Crippen molar-refractivity contribution in [3.63, 3.8) is 0 Å². The Morgan fingerprint density at radius 3 is 2.47 bits per heavy atom. The van der Waals surface area contributed by atoms with Crippen molar-refractivity contribution < 1.29 is 23.9 Å². The molecule has 1 aliphatic heterocycles. The van der Waals surface area contributed by atoms with Gasteiger partial charge in [0.2, 0.25) is 5.91 Å². The highest BCUT2D eigenvalue weighted by molar-refractivity contribution is 5.87. The van der Waals surface area contributed by atoms with Crippen molar-refractivity contribution in [2.45, 2.75) is 37.8 Å². The van der Waals surface area contributed by atoms with E-state index in [9.17, 15) is 14.4 Å². The number of esters is 1. The predicted octanol–water partition coefficient (Wildman–Crippen LogP) is 2.78. The number of amides is 2. The van der Waals surface area contributed by atoms with Crippen LogP contribution in [0.25, 0.3) is 11.4 Å². The van der Waals surface area contributed by atoms with Crippen LogP contribution in [0.15, 0.2) is 54.6 Å². The number of aryl methyl sites for hydroxylation is 1. The lowest BCUT2D eigenvalue weighted by molar-refractivity contribution is -0.145. The zero-order valence-electron chi connectivity index (χ0n) is 20.5. The molecule has 2 heterocycles. The molecule has 0 bridgehead atoms. The fraction of sp³-hybridized carbons (Fsp3) is 0.346. The molecule has 2 aromatic carbocycles. The molecule has 0 fully saturated rings. The fourth-order valence-electron chi connectivity index (χ4n) is 4.16. The summed E-state index contributed by atoms with van der Waals surface area (Å²) in [5, 5.41) is 11.5. The topological polar surface area (TPSA) is 116 Å². The number of aromatic nitrogens is 3. The first-order valence-corrected chi connectivity index (χ1v) is 11.7. The van der Waals surface area contributed by atoms with Crippen molar-refractivity contribution in [1.29, 1.82) is 0 Å². The molecule has 1 N–H and O–H groups in total. The largest absolute Gasteiger partial charge is 0.467 e. The second kappa shape index (κ2) is 11.0. The predicted molar refractivity (Wildman–Crippen MR) is 131 cm³/mol. The minimum absolute atomic E-state index is 0.216. The summed E-state index contributed by atoms with van der Waals surface area (Å²) in [4.78, 5) is 39.1. The SMILES string of the molecule is COC(=O)C(Cc1ccc(OC(=O)N(C)C)cc1)NC(=O)C1CCCc2nnc(-c3ccccc3)n21. The monoisotopic (exact) mass is 491 g/mol. The van der Waals surface area contributed by atoms with Crippen LogP contribution in [-0.4, -0.2) is 64.9 Å². The van der Waals surface area contributed by atoms with Gasteiger partial charge < -0.3 is 19.7 Å². The summed E-state index contributed by atoms with van der Waals surface area (Å²) >= 11 is 0. The Hall–Kier alpha value is -4.21. The van der Waals surface area contributed by atoms with E-state index in [1.807, 2.05) is 34.9 Å². The molecule has 2 amide bonds. The number of nitrogens with one attached hydrogen (secondary N) is 1. The van der Waals surface area contributed by atoms with Gasteiger partial charge in [-0.3, -0.25) is 9.36 Å². The number of benzene rings is 2. The van der Waals surface area contributed by atoms with Gasteiger partial charge in [0, 0.05) is 32.5 Å². The van der Waals surface area contributed by atoms with Gasteiger partial charge in [-0.15, -0.1) is 10.2 Å². The third-order valence-electron chi connectivity index (χ3n) is 6.03. The summed E-state index contributed by atoms with van der Waals surface area (Å²) in [5.74, 6) is 0.918. The molecule has 2 unspecified atom stereocenters. The number of hydrogen-bond donors (Lipinski definition) is 1. The standard InChI is InChI=1S/C26H29N5O5/c1-30(2)26(34)36-19-14-12-17(13-15-19)16-20(25(33)35-3)27-24(32)21-10-7-11-22-28-29-23(31(21)22)18-8-5-4-6-9-18/h4-6,8-9,12-15,20-21H,7,10-11,16H2,1-3H3,(H,27,32). The van der Waals surface area contributed by atoms with Crippen molar-refractivity contribution >= 4 is 18.0 Å². The molecule has 1 aliphatic rings. The molecule has 10 nitrogen and oxygen atoms in total. The minimum atomic E-state index is -0.889. The maximum Gasteiger partial charge on any atom is 0.414 e. The van der Waals surface area contributed by atoms with Crippen molar-refractivity contribution in [2.75, 3.05) is 21.2 Å². The van der Waals surface area contributed by atoms with Crippen LogP contribution in [0.5, 0.6) is 5.75 Å². The minimum Gasteiger partial charge on any atom is -0.467 e. The Morgan fingerprint density at radius 2 is 1.81 bits per heavy atom. The summed E-state index contributed by atoms with van der Waals surface area (Å²) in [6, 6.07) is 14.9. The molecule has 10 heteroatoms. The molecule has 0 saturated carbocycles. The molecule has 0 aliphatic carbocycles. The van der Waals surface area contributed by atoms with Crippen LogP contribution < -0.4 is 10.1 Å². The Labute approximate surface area is 209 Å².